The van der Waals surface area contributed by atoms with Crippen molar-refractivity contribution in [2.24, 2.45) is 7.05 Å². The fraction of sp³-hybridized carbons (Fsp3) is 0.259. The topological polar surface area (TPSA) is 67.2 Å². The summed E-state index contributed by atoms with van der Waals surface area (Å²) in [6.07, 6.45) is 0.701. The molecule has 0 spiro atoms. The summed E-state index contributed by atoms with van der Waals surface area (Å²) in [5.41, 5.74) is 2.26. The lowest BCUT2D eigenvalue weighted by Gasteiger charge is -2.34. The number of anilines is 1. The van der Waals surface area contributed by atoms with Crippen molar-refractivity contribution in [2.45, 2.75) is 11.6 Å². The average Bonchev–Trinajstić information content (AvgIpc) is 3.51. The van der Waals surface area contributed by atoms with Gasteiger partial charge in [-0.15, -0.1) is 10.2 Å². The molecule has 3 aromatic carbocycles. The van der Waals surface area contributed by atoms with Gasteiger partial charge in [-0.1, -0.05) is 77.7 Å². The second-order valence-corrected chi connectivity index (χ2v) is 10.8. The van der Waals surface area contributed by atoms with E-state index in [1.165, 1.54) is 32.8 Å². The maximum atomic E-state index is 12.9. The number of carbonyl (C=O) groups excluding carboxylic acids is 1. The Kier molecular flexibility index (Phi) is 6.33. The molecule has 2 aromatic heterocycles. The molecular weight excluding hydrogens is 488 g/mol. The van der Waals surface area contributed by atoms with E-state index >= 15 is 0 Å². The van der Waals surface area contributed by atoms with Crippen molar-refractivity contribution in [3.8, 4) is 0 Å². The predicted octanol–water partition coefficient (Wildman–Crippen LogP) is 4.61. The first-order valence-electron chi connectivity index (χ1n) is 12.0. The number of amides is 1. The minimum atomic E-state index is 0.141. The van der Waals surface area contributed by atoms with Crippen LogP contribution in [0, 0.1) is 0 Å². The van der Waals surface area contributed by atoms with Gasteiger partial charge in [0.05, 0.1) is 16.0 Å². The van der Waals surface area contributed by atoms with Gasteiger partial charge in [-0.05, 0) is 28.5 Å². The molecule has 3 heterocycles. The highest BCUT2D eigenvalue weighted by Crippen LogP contribution is 2.29. The third kappa shape index (κ3) is 4.56. The van der Waals surface area contributed by atoms with Gasteiger partial charge >= 0.3 is 0 Å². The molecule has 5 aromatic rings. The zero-order valence-electron chi connectivity index (χ0n) is 20.0. The molecule has 6 rings (SSSR count). The molecule has 1 fully saturated rings. The van der Waals surface area contributed by atoms with Crippen molar-refractivity contribution >= 4 is 55.1 Å². The summed E-state index contributed by atoms with van der Waals surface area (Å²) in [5.74, 6) is 1.40. The quantitative estimate of drug-likeness (QED) is 0.308. The Morgan fingerprint density at radius 2 is 1.72 bits per heavy atom. The van der Waals surface area contributed by atoms with Gasteiger partial charge in [0.25, 0.3) is 0 Å². The van der Waals surface area contributed by atoms with Gasteiger partial charge in [0.15, 0.2) is 10.3 Å². The first-order valence-corrected chi connectivity index (χ1v) is 13.8. The highest BCUT2D eigenvalue weighted by Gasteiger charge is 2.24. The van der Waals surface area contributed by atoms with E-state index in [-0.39, 0.29) is 5.91 Å². The number of hydrogen-bond donors (Lipinski definition) is 0. The Balaban J connectivity index is 1.05. The van der Waals surface area contributed by atoms with Crippen LogP contribution in [0.5, 0.6) is 0 Å². The predicted molar refractivity (Wildman–Crippen MR) is 147 cm³/mol. The van der Waals surface area contributed by atoms with Crippen LogP contribution in [0.4, 0.5) is 5.13 Å². The maximum absolute atomic E-state index is 12.9. The maximum Gasteiger partial charge on any atom is 0.233 e. The van der Waals surface area contributed by atoms with Crippen LogP contribution in [-0.2, 0) is 18.3 Å². The number of thioether (sulfide) groups is 1. The molecule has 36 heavy (non-hydrogen) atoms. The number of rotatable bonds is 6. The minimum Gasteiger partial charge on any atom is -0.345 e. The van der Waals surface area contributed by atoms with Gasteiger partial charge in [0, 0.05) is 39.6 Å². The largest absolute Gasteiger partial charge is 0.345 e. The van der Waals surface area contributed by atoms with Crippen LogP contribution < -0.4 is 4.90 Å². The van der Waals surface area contributed by atoms with Crippen LogP contribution in [-0.4, -0.2) is 62.5 Å². The van der Waals surface area contributed by atoms with Gasteiger partial charge in [0.2, 0.25) is 5.91 Å². The second kappa shape index (κ2) is 9.91. The molecule has 0 radical (unpaired) electrons. The van der Waals surface area contributed by atoms with Crippen LogP contribution in [0.3, 0.4) is 0 Å². The number of fused-ring (bicyclic) bond motifs is 2. The molecular formula is C27H26N6OS2. The molecule has 1 aliphatic rings. The van der Waals surface area contributed by atoms with Gasteiger partial charge < -0.3 is 14.4 Å². The van der Waals surface area contributed by atoms with E-state index in [4.69, 9.17) is 4.98 Å². The smallest absolute Gasteiger partial charge is 0.233 e. The number of carbonyl (C=O) groups is 1. The van der Waals surface area contributed by atoms with Crippen molar-refractivity contribution in [3.05, 3.63) is 78.1 Å². The Morgan fingerprint density at radius 3 is 2.58 bits per heavy atom. The normalized spacial score (nSPS) is 14.1. The van der Waals surface area contributed by atoms with Crippen molar-refractivity contribution < 1.29 is 4.79 Å². The zero-order chi connectivity index (χ0) is 24.5. The van der Waals surface area contributed by atoms with Crippen LogP contribution >= 0.6 is 23.1 Å². The van der Waals surface area contributed by atoms with Crippen molar-refractivity contribution in [1.82, 2.24) is 24.6 Å². The molecule has 0 atom stereocenters. The van der Waals surface area contributed by atoms with Crippen molar-refractivity contribution in [3.63, 3.8) is 0 Å². The lowest BCUT2D eigenvalue weighted by molar-refractivity contribution is -0.128. The molecule has 182 valence electrons. The van der Waals surface area contributed by atoms with E-state index in [9.17, 15) is 4.79 Å². The molecule has 7 nitrogen and oxygen atoms in total. The van der Waals surface area contributed by atoms with Crippen LogP contribution in [0.25, 0.3) is 21.0 Å². The third-order valence-corrected chi connectivity index (χ3v) is 8.77. The highest BCUT2D eigenvalue weighted by atomic mass is 32.2. The Morgan fingerprint density at radius 1 is 0.944 bits per heavy atom. The third-order valence-electron chi connectivity index (χ3n) is 6.66. The molecule has 0 N–H and O–H groups in total. The molecule has 1 amide bonds. The van der Waals surface area contributed by atoms with Crippen LogP contribution in [0.2, 0.25) is 0 Å². The summed E-state index contributed by atoms with van der Waals surface area (Å²) < 4.78 is 3.20. The Hall–Kier alpha value is -3.43. The number of para-hydroxylation sites is 1. The number of nitrogens with zero attached hydrogens (tertiary/aromatic N) is 6. The summed E-state index contributed by atoms with van der Waals surface area (Å²) in [7, 11) is 1.98. The summed E-state index contributed by atoms with van der Waals surface area (Å²) in [6, 6.07) is 23.0. The summed E-state index contributed by atoms with van der Waals surface area (Å²) >= 11 is 3.17. The van der Waals surface area contributed by atoms with E-state index < -0.39 is 0 Å². The summed E-state index contributed by atoms with van der Waals surface area (Å²) in [4.78, 5) is 21.9. The van der Waals surface area contributed by atoms with E-state index in [0.29, 0.717) is 25.3 Å². The number of thiazole rings is 1. The van der Waals surface area contributed by atoms with Gasteiger partial charge in [-0.25, -0.2) is 4.98 Å². The van der Waals surface area contributed by atoms with Crippen LogP contribution in [0.15, 0.2) is 71.9 Å². The number of aromatic nitrogens is 4. The van der Waals surface area contributed by atoms with Gasteiger partial charge in [0.1, 0.15) is 5.82 Å². The number of hydrogen-bond acceptors (Lipinski definition) is 7. The summed E-state index contributed by atoms with van der Waals surface area (Å²) in [6.45, 7) is 3.02. The number of piperazine rings is 1. The van der Waals surface area contributed by atoms with Crippen LogP contribution in [0.1, 0.15) is 11.4 Å². The molecule has 9 heteroatoms. The fourth-order valence-corrected chi connectivity index (χ4v) is 6.45. The first kappa shape index (κ1) is 23.0. The zero-order valence-corrected chi connectivity index (χ0v) is 21.6. The van der Waals surface area contributed by atoms with E-state index in [2.05, 4.69) is 63.6 Å². The van der Waals surface area contributed by atoms with E-state index in [1.807, 2.05) is 34.7 Å². The Bertz CT molecular complexity index is 1500. The van der Waals surface area contributed by atoms with Crippen molar-refractivity contribution in [1.29, 1.82) is 0 Å². The lowest BCUT2D eigenvalue weighted by atomic mass is 10.0. The monoisotopic (exact) mass is 514 g/mol. The van der Waals surface area contributed by atoms with E-state index in [0.717, 1.165) is 34.7 Å². The SMILES string of the molecule is Cn1c(Cc2cccc3ccccc23)nnc1SCC(=O)N1CCN(c2nc3ccccc3s2)CC1. The number of benzene rings is 3. The lowest BCUT2D eigenvalue weighted by Crippen LogP contribution is -2.49. The van der Waals surface area contributed by atoms with Gasteiger partial charge in [-0.3, -0.25) is 4.79 Å². The van der Waals surface area contributed by atoms with E-state index in [1.54, 1.807) is 11.3 Å². The first-order chi connectivity index (χ1) is 17.7. The molecule has 0 saturated carbocycles. The molecule has 0 unspecified atom stereocenters. The summed E-state index contributed by atoms with van der Waals surface area (Å²) in [5, 5.41) is 13.1. The average molecular weight is 515 g/mol. The molecule has 1 aliphatic heterocycles. The Labute approximate surface area is 217 Å². The molecule has 1 saturated heterocycles. The highest BCUT2D eigenvalue weighted by molar-refractivity contribution is 7.99. The molecule has 0 bridgehead atoms. The van der Waals surface area contributed by atoms with Gasteiger partial charge in [-0.2, -0.15) is 0 Å². The van der Waals surface area contributed by atoms with Crippen molar-refractivity contribution in [2.75, 3.05) is 36.8 Å². The second-order valence-electron chi connectivity index (χ2n) is 8.89. The standard InChI is InChI=1S/C27H26N6OS2/c1-31-24(17-20-9-6-8-19-7-2-3-10-21(19)20)29-30-27(31)35-18-25(34)32-13-15-33(16-14-32)26-28-22-11-4-5-12-23(22)36-26/h2-12H,13-18H2,1H3. The fourth-order valence-electron chi connectivity index (χ4n) is 4.60. The minimum absolute atomic E-state index is 0.141. The molecule has 0 aliphatic carbocycles.